The standard InChI is InChI=1S/C22H35N3O2/c1-4-6-8-11-23-22(26)25-12-10-21-18(14-25)19-15-27-16(3)13-17(19)20(24-21)9-7-5-2/h16H,4-15H2,1-3H3,(H,23,26)/t16-/m0/s1. The van der Waals surface area contributed by atoms with E-state index in [0.717, 1.165) is 45.2 Å². The number of carbonyl (C=O) groups excluding carboxylic acids is 1. The fourth-order valence-corrected chi connectivity index (χ4v) is 4.13. The Bertz CT molecular complexity index is 659. The van der Waals surface area contributed by atoms with Crippen molar-refractivity contribution in [1.82, 2.24) is 15.2 Å². The molecule has 0 fully saturated rings. The van der Waals surface area contributed by atoms with Gasteiger partial charge < -0.3 is 15.0 Å². The molecule has 1 N–H and O–H groups in total. The summed E-state index contributed by atoms with van der Waals surface area (Å²) >= 11 is 0. The van der Waals surface area contributed by atoms with E-state index in [-0.39, 0.29) is 12.1 Å². The highest BCUT2D eigenvalue weighted by molar-refractivity contribution is 5.74. The highest BCUT2D eigenvalue weighted by atomic mass is 16.5. The van der Waals surface area contributed by atoms with Gasteiger partial charge in [0.25, 0.3) is 0 Å². The first kappa shape index (κ1) is 20.1. The molecule has 1 atom stereocenters. The van der Waals surface area contributed by atoms with Crippen LogP contribution in [0.25, 0.3) is 0 Å². The number of aryl methyl sites for hydroxylation is 1. The van der Waals surface area contributed by atoms with Gasteiger partial charge in [0.1, 0.15) is 0 Å². The van der Waals surface area contributed by atoms with E-state index >= 15 is 0 Å². The molecule has 3 rings (SSSR count). The van der Waals surface area contributed by atoms with Crippen molar-refractivity contribution in [3.8, 4) is 0 Å². The second kappa shape index (κ2) is 9.54. The molecule has 0 spiro atoms. The third kappa shape index (κ3) is 4.81. The number of nitrogens with one attached hydrogen (secondary N) is 1. The van der Waals surface area contributed by atoms with Crippen LogP contribution in [0.5, 0.6) is 0 Å². The van der Waals surface area contributed by atoms with Crippen LogP contribution in [0.15, 0.2) is 0 Å². The summed E-state index contributed by atoms with van der Waals surface area (Å²) in [5.74, 6) is 0. The fourth-order valence-electron chi connectivity index (χ4n) is 4.13. The maximum absolute atomic E-state index is 12.6. The van der Waals surface area contributed by atoms with Crippen LogP contribution in [0.1, 0.15) is 81.0 Å². The van der Waals surface area contributed by atoms with Gasteiger partial charge in [-0.1, -0.05) is 33.1 Å². The summed E-state index contributed by atoms with van der Waals surface area (Å²) in [6.45, 7) is 9.39. The summed E-state index contributed by atoms with van der Waals surface area (Å²) in [6.07, 6.45) is 8.85. The number of fused-ring (bicyclic) bond motifs is 3. The second-order valence-corrected chi connectivity index (χ2v) is 7.98. The first-order chi connectivity index (χ1) is 13.1. The number of aromatic nitrogens is 1. The third-order valence-corrected chi connectivity index (χ3v) is 5.78. The first-order valence-corrected chi connectivity index (χ1v) is 10.8. The van der Waals surface area contributed by atoms with Crippen LogP contribution in [0.4, 0.5) is 4.79 Å². The lowest BCUT2D eigenvalue weighted by Gasteiger charge is -2.34. The molecule has 0 saturated carbocycles. The quantitative estimate of drug-likeness (QED) is 0.731. The Morgan fingerprint density at radius 1 is 1.19 bits per heavy atom. The van der Waals surface area contributed by atoms with Crippen LogP contribution >= 0.6 is 0 Å². The molecular formula is C22H35N3O2. The highest BCUT2D eigenvalue weighted by Crippen LogP contribution is 2.32. The van der Waals surface area contributed by atoms with Crippen molar-refractivity contribution in [2.24, 2.45) is 0 Å². The van der Waals surface area contributed by atoms with Gasteiger partial charge >= 0.3 is 6.03 Å². The zero-order valence-electron chi connectivity index (χ0n) is 17.3. The molecular weight excluding hydrogens is 338 g/mol. The maximum Gasteiger partial charge on any atom is 0.317 e. The van der Waals surface area contributed by atoms with Crippen LogP contribution in [0.2, 0.25) is 0 Å². The third-order valence-electron chi connectivity index (χ3n) is 5.78. The van der Waals surface area contributed by atoms with Crippen molar-refractivity contribution >= 4 is 6.03 Å². The Hall–Kier alpha value is -1.62. The lowest BCUT2D eigenvalue weighted by Crippen LogP contribution is -2.44. The molecule has 0 aliphatic carbocycles. The molecule has 0 saturated heterocycles. The molecule has 2 aliphatic heterocycles. The molecule has 1 aromatic rings. The normalized spacial score (nSPS) is 18.8. The Morgan fingerprint density at radius 3 is 2.78 bits per heavy atom. The minimum absolute atomic E-state index is 0.0608. The van der Waals surface area contributed by atoms with E-state index < -0.39 is 0 Å². The van der Waals surface area contributed by atoms with Crippen LogP contribution in [0, 0.1) is 0 Å². The van der Waals surface area contributed by atoms with Gasteiger partial charge in [0, 0.05) is 43.9 Å². The molecule has 0 radical (unpaired) electrons. The minimum atomic E-state index is 0.0608. The first-order valence-electron chi connectivity index (χ1n) is 10.8. The van der Waals surface area contributed by atoms with Gasteiger partial charge in [0.05, 0.1) is 12.7 Å². The Morgan fingerprint density at radius 2 is 2.00 bits per heavy atom. The molecule has 27 heavy (non-hydrogen) atoms. The highest BCUT2D eigenvalue weighted by Gasteiger charge is 2.29. The molecule has 0 aromatic carbocycles. The van der Waals surface area contributed by atoms with Gasteiger partial charge in [-0.2, -0.15) is 0 Å². The summed E-state index contributed by atoms with van der Waals surface area (Å²) in [5, 5.41) is 3.08. The smallest absolute Gasteiger partial charge is 0.317 e. The summed E-state index contributed by atoms with van der Waals surface area (Å²) in [4.78, 5) is 19.6. The SMILES string of the molecule is CCCCCNC(=O)N1CCc2nc(CCCC)c3c(c2C1)CO[C@@H](C)C3. The Kier molecular flexibility index (Phi) is 7.11. The van der Waals surface area contributed by atoms with Gasteiger partial charge in [-0.15, -0.1) is 0 Å². The second-order valence-electron chi connectivity index (χ2n) is 7.98. The number of urea groups is 1. The maximum atomic E-state index is 12.6. The van der Waals surface area contributed by atoms with Gasteiger partial charge in [0.2, 0.25) is 0 Å². The van der Waals surface area contributed by atoms with E-state index in [1.54, 1.807) is 0 Å². The van der Waals surface area contributed by atoms with E-state index in [2.05, 4.69) is 26.1 Å². The van der Waals surface area contributed by atoms with Crippen LogP contribution in [-0.2, 0) is 37.2 Å². The topological polar surface area (TPSA) is 54.5 Å². The predicted molar refractivity (Wildman–Crippen MR) is 108 cm³/mol. The van der Waals surface area contributed by atoms with Crippen molar-refractivity contribution in [1.29, 1.82) is 0 Å². The van der Waals surface area contributed by atoms with Gasteiger partial charge in [-0.05, 0) is 42.9 Å². The number of hydrogen-bond acceptors (Lipinski definition) is 3. The minimum Gasteiger partial charge on any atom is -0.373 e. The van der Waals surface area contributed by atoms with Gasteiger partial charge in [0.15, 0.2) is 0 Å². The predicted octanol–water partition coefficient (Wildman–Crippen LogP) is 4.14. The lowest BCUT2D eigenvalue weighted by molar-refractivity contribution is 0.0393. The molecule has 2 aliphatic rings. The Balaban J connectivity index is 1.77. The molecule has 5 nitrogen and oxygen atoms in total. The molecule has 150 valence electrons. The molecule has 1 aromatic heterocycles. The van der Waals surface area contributed by atoms with Crippen molar-refractivity contribution in [2.45, 2.75) is 91.4 Å². The van der Waals surface area contributed by atoms with Crippen molar-refractivity contribution in [3.05, 3.63) is 28.1 Å². The summed E-state index contributed by atoms with van der Waals surface area (Å²) in [6, 6.07) is 0.0608. The fraction of sp³-hybridized carbons (Fsp3) is 0.727. The zero-order chi connectivity index (χ0) is 19.2. The number of hydrogen-bond donors (Lipinski definition) is 1. The molecule has 0 unspecified atom stereocenters. The van der Waals surface area contributed by atoms with Gasteiger partial charge in [-0.3, -0.25) is 4.98 Å². The van der Waals surface area contributed by atoms with Crippen molar-refractivity contribution in [3.63, 3.8) is 0 Å². The van der Waals surface area contributed by atoms with E-state index in [1.165, 1.54) is 47.3 Å². The van der Waals surface area contributed by atoms with E-state index in [0.29, 0.717) is 13.2 Å². The van der Waals surface area contributed by atoms with Crippen LogP contribution in [-0.4, -0.2) is 35.1 Å². The summed E-state index contributed by atoms with van der Waals surface area (Å²) in [7, 11) is 0. The molecule has 2 amide bonds. The number of unbranched alkanes of at least 4 members (excludes halogenated alkanes) is 3. The molecule has 3 heterocycles. The van der Waals surface area contributed by atoms with Crippen LogP contribution < -0.4 is 5.32 Å². The number of ether oxygens (including phenoxy) is 1. The number of rotatable bonds is 7. The number of amides is 2. The lowest BCUT2D eigenvalue weighted by atomic mass is 9.89. The summed E-state index contributed by atoms with van der Waals surface area (Å²) < 4.78 is 5.97. The molecule has 0 bridgehead atoms. The Labute approximate surface area is 163 Å². The van der Waals surface area contributed by atoms with E-state index in [9.17, 15) is 4.79 Å². The number of nitrogens with zero attached hydrogens (tertiary/aromatic N) is 2. The average Bonchev–Trinajstić information content (AvgIpc) is 2.68. The zero-order valence-corrected chi connectivity index (χ0v) is 17.3. The number of pyridine rings is 1. The average molecular weight is 374 g/mol. The van der Waals surface area contributed by atoms with Crippen molar-refractivity contribution in [2.75, 3.05) is 13.1 Å². The van der Waals surface area contributed by atoms with E-state index in [4.69, 9.17) is 9.72 Å². The van der Waals surface area contributed by atoms with Gasteiger partial charge in [-0.25, -0.2) is 4.79 Å². The molecule has 5 heteroatoms. The number of carbonyl (C=O) groups is 1. The largest absolute Gasteiger partial charge is 0.373 e. The van der Waals surface area contributed by atoms with Crippen molar-refractivity contribution < 1.29 is 9.53 Å². The summed E-state index contributed by atoms with van der Waals surface area (Å²) in [5.41, 5.74) is 6.41. The monoisotopic (exact) mass is 373 g/mol. The van der Waals surface area contributed by atoms with Crippen LogP contribution in [0.3, 0.4) is 0 Å². The van der Waals surface area contributed by atoms with E-state index in [1.807, 2.05) is 4.90 Å².